The summed E-state index contributed by atoms with van der Waals surface area (Å²) in [7, 11) is 0. The Morgan fingerprint density at radius 2 is 2.20 bits per heavy atom. The van der Waals surface area contributed by atoms with Gasteiger partial charge in [-0.2, -0.15) is 0 Å². The van der Waals surface area contributed by atoms with Crippen LogP contribution in [0, 0.1) is 6.92 Å². The van der Waals surface area contributed by atoms with E-state index in [-0.39, 0.29) is 5.91 Å². The Bertz CT molecular complexity index is 789. The molecule has 4 heterocycles. The van der Waals surface area contributed by atoms with Gasteiger partial charge in [-0.05, 0) is 41.6 Å². The van der Waals surface area contributed by atoms with Gasteiger partial charge in [0.2, 0.25) is 0 Å². The smallest absolute Gasteiger partial charge is 0.270 e. The maximum absolute atomic E-state index is 12.5. The van der Waals surface area contributed by atoms with Crippen molar-refractivity contribution in [3.63, 3.8) is 0 Å². The number of carbonyl (C=O) groups excluding carboxylic acids is 1. The van der Waals surface area contributed by atoms with Crippen molar-refractivity contribution in [3.05, 3.63) is 52.3 Å². The number of pyridine rings is 1. The summed E-state index contributed by atoms with van der Waals surface area (Å²) in [6, 6.07) is 6.01. The van der Waals surface area contributed by atoms with Crippen molar-refractivity contribution in [2.45, 2.75) is 20.0 Å². The standard InChI is InChI=1S/C15H13N3OS/c1-9-4-10-7-18(8-11(10)6-16-9)15(19)13-5-14-12(17-13)2-3-20-14/h2-6,17H,7-8H2,1H3. The second-order valence-corrected chi connectivity index (χ2v) is 6.08. The number of nitrogens with one attached hydrogen (secondary N) is 1. The predicted molar refractivity (Wildman–Crippen MR) is 78.7 cm³/mol. The van der Waals surface area contributed by atoms with Crippen LogP contribution in [0.5, 0.6) is 0 Å². The number of aromatic amines is 1. The lowest BCUT2D eigenvalue weighted by Crippen LogP contribution is -2.25. The lowest BCUT2D eigenvalue weighted by molar-refractivity contribution is 0.0746. The summed E-state index contributed by atoms with van der Waals surface area (Å²) >= 11 is 1.65. The van der Waals surface area contributed by atoms with Gasteiger partial charge >= 0.3 is 0 Å². The molecular formula is C15H13N3OS. The second-order valence-electron chi connectivity index (χ2n) is 5.14. The molecule has 5 heteroatoms. The third-order valence-corrected chi connectivity index (χ3v) is 4.56. The number of hydrogen-bond donors (Lipinski definition) is 1. The van der Waals surface area contributed by atoms with Crippen LogP contribution in [0.25, 0.3) is 10.2 Å². The van der Waals surface area contributed by atoms with Gasteiger partial charge in [0.1, 0.15) is 5.69 Å². The zero-order valence-corrected chi connectivity index (χ0v) is 11.8. The number of fused-ring (bicyclic) bond motifs is 2. The van der Waals surface area contributed by atoms with E-state index in [2.05, 4.69) is 16.0 Å². The van der Waals surface area contributed by atoms with E-state index in [0.29, 0.717) is 18.8 Å². The first-order valence-electron chi connectivity index (χ1n) is 6.50. The highest BCUT2D eigenvalue weighted by molar-refractivity contribution is 7.17. The average Bonchev–Trinajstić information content (AvgIpc) is 3.10. The van der Waals surface area contributed by atoms with Gasteiger partial charge in [0.25, 0.3) is 5.91 Å². The Hall–Kier alpha value is -2.14. The van der Waals surface area contributed by atoms with Crippen molar-refractivity contribution in [3.8, 4) is 0 Å². The van der Waals surface area contributed by atoms with Gasteiger partial charge in [-0.1, -0.05) is 0 Å². The molecule has 1 N–H and O–H groups in total. The van der Waals surface area contributed by atoms with Crippen molar-refractivity contribution in [1.82, 2.24) is 14.9 Å². The van der Waals surface area contributed by atoms with Crippen LogP contribution in [-0.2, 0) is 13.1 Å². The Balaban J connectivity index is 1.63. The number of aryl methyl sites for hydroxylation is 1. The molecule has 0 saturated heterocycles. The molecule has 20 heavy (non-hydrogen) atoms. The summed E-state index contributed by atoms with van der Waals surface area (Å²) in [5.41, 5.74) is 5.06. The number of nitrogens with zero attached hydrogens (tertiary/aromatic N) is 2. The highest BCUT2D eigenvalue weighted by Crippen LogP contribution is 2.26. The average molecular weight is 283 g/mol. The summed E-state index contributed by atoms with van der Waals surface area (Å²) in [5.74, 6) is 0.0576. The quantitative estimate of drug-likeness (QED) is 0.746. The van der Waals surface area contributed by atoms with E-state index in [4.69, 9.17) is 0 Å². The molecule has 1 aliphatic heterocycles. The van der Waals surface area contributed by atoms with Crippen molar-refractivity contribution in [1.29, 1.82) is 0 Å². The van der Waals surface area contributed by atoms with Crippen LogP contribution in [0.4, 0.5) is 0 Å². The van der Waals surface area contributed by atoms with Crippen LogP contribution in [0.15, 0.2) is 29.8 Å². The fourth-order valence-corrected chi connectivity index (χ4v) is 3.46. The number of H-pyrrole nitrogens is 1. The fourth-order valence-electron chi connectivity index (χ4n) is 2.68. The van der Waals surface area contributed by atoms with Crippen molar-refractivity contribution in [2.75, 3.05) is 0 Å². The van der Waals surface area contributed by atoms with Gasteiger partial charge in [0, 0.05) is 25.0 Å². The molecule has 0 spiro atoms. The largest absolute Gasteiger partial charge is 0.350 e. The Morgan fingerprint density at radius 3 is 3.05 bits per heavy atom. The fraction of sp³-hybridized carbons (Fsp3) is 0.200. The van der Waals surface area contributed by atoms with Crippen LogP contribution in [-0.4, -0.2) is 20.8 Å². The zero-order chi connectivity index (χ0) is 13.7. The molecule has 0 unspecified atom stereocenters. The minimum absolute atomic E-state index is 0.0576. The molecule has 0 saturated carbocycles. The van der Waals surface area contributed by atoms with E-state index < -0.39 is 0 Å². The Kier molecular flexibility index (Phi) is 2.44. The maximum Gasteiger partial charge on any atom is 0.270 e. The Morgan fingerprint density at radius 1 is 1.35 bits per heavy atom. The number of amides is 1. The summed E-state index contributed by atoms with van der Waals surface area (Å²) in [6.45, 7) is 3.29. The normalized spacial score (nSPS) is 13.9. The van der Waals surface area contributed by atoms with Crippen LogP contribution in [0.1, 0.15) is 27.3 Å². The Labute approximate surface area is 120 Å². The summed E-state index contributed by atoms with van der Waals surface area (Å²) in [4.78, 5) is 21.9. The number of thiophene rings is 1. The second kappa shape index (κ2) is 4.18. The summed E-state index contributed by atoms with van der Waals surface area (Å²) in [5, 5.41) is 2.02. The maximum atomic E-state index is 12.5. The van der Waals surface area contributed by atoms with Crippen LogP contribution >= 0.6 is 11.3 Å². The van der Waals surface area contributed by atoms with Crippen LogP contribution in [0.2, 0.25) is 0 Å². The van der Waals surface area contributed by atoms with E-state index in [9.17, 15) is 4.79 Å². The third kappa shape index (κ3) is 1.74. The lowest BCUT2D eigenvalue weighted by atomic mass is 10.2. The molecule has 0 aromatic carbocycles. The van der Waals surface area contributed by atoms with E-state index in [1.54, 1.807) is 11.3 Å². The molecule has 3 aromatic heterocycles. The molecule has 100 valence electrons. The number of hydrogen-bond acceptors (Lipinski definition) is 3. The molecule has 1 amide bonds. The number of aromatic nitrogens is 2. The topological polar surface area (TPSA) is 49.0 Å². The highest BCUT2D eigenvalue weighted by atomic mass is 32.1. The molecular weight excluding hydrogens is 270 g/mol. The molecule has 4 nitrogen and oxygen atoms in total. The van der Waals surface area contributed by atoms with Crippen molar-refractivity contribution < 1.29 is 4.79 Å². The minimum Gasteiger partial charge on any atom is -0.350 e. The van der Waals surface area contributed by atoms with E-state index in [1.165, 1.54) is 5.56 Å². The van der Waals surface area contributed by atoms with E-state index in [1.807, 2.05) is 35.5 Å². The van der Waals surface area contributed by atoms with Gasteiger partial charge in [-0.15, -0.1) is 11.3 Å². The molecule has 0 bridgehead atoms. The SMILES string of the molecule is Cc1cc2c(cn1)CN(C(=O)c1cc3sccc3[nH]1)C2. The lowest BCUT2D eigenvalue weighted by Gasteiger charge is -2.13. The summed E-state index contributed by atoms with van der Waals surface area (Å²) < 4.78 is 1.13. The first kappa shape index (κ1) is 11.7. The van der Waals surface area contributed by atoms with Crippen LogP contribution in [0.3, 0.4) is 0 Å². The van der Waals surface area contributed by atoms with E-state index in [0.717, 1.165) is 21.5 Å². The van der Waals surface area contributed by atoms with Crippen LogP contribution < -0.4 is 0 Å². The first-order valence-corrected chi connectivity index (χ1v) is 7.38. The zero-order valence-electron chi connectivity index (χ0n) is 11.0. The highest BCUT2D eigenvalue weighted by Gasteiger charge is 2.25. The molecule has 3 aromatic rings. The molecule has 0 fully saturated rings. The minimum atomic E-state index is 0.0576. The summed E-state index contributed by atoms with van der Waals surface area (Å²) in [6.07, 6.45) is 1.88. The number of rotatable bonds is 1. The first-order chi connectivity index (χ1) is 9.70. The van der Waals surface area contributed by atoms with Gasteiger partial charge in [0.15, 0.2) is 0 Å². The predicted octanol–water partition coefficient (Wildman–Crippen LogP) is 3.09. The van der Waals surface area contributed by atoms with Gasteiger partial charge in [-0.3, -0.25) is 9.78 Å². The molecule has 0 aliphatic carbocycles. The van der Waals surface area contributed by atoms with Gasteiger partial charge < -0.3 is 9.88 Å². The van der Waals surface area contributed by atoms with Crippen molar-refractivity contribution >= 4 is 27.5 Å². The molecule has 0 radical (unpaired) electrons. The third-order valence-electron chi connectivity index (χ3n) is 3.70. The molecule has 4 rings (SSSR count). The van der Waals surface area contributed by atoms with Crippen molar-refractivity contribution in [2.24, 2.45) is 0 Å². The molecule has 0 atom stereocenters. The van der Waals surface area contributed by atoms with E-state index >= 15 is 0 Å². The number of carbonyl (C=O) groups is 1. The van der Waals surface area contributed by atoms with Gasteiger partial charge in [0.05, 0.1) is 10.2 Å². The van der Waals surface area contributed by atoms with Gasteiger partial charge in [-0.25, -0.2) is 0 Å². The molecule has 1 aliphatic rings. The monoisotopic (exact) mass is 283 g/mol.